The first-order chi connectivity index (χ1) is 8.96. The summed E-state index contributed by atoms with van der Waals surface area (Å²) in [4.78, 5) is 8.11. The molecule has 102 valence electrons. The smallest absolute Gasteiger partial charge is 0.244 e. The summed E-state index contributed by atoms with van der Waals surface area (Å²) < 4.78 is 28.1. The number of nitrogens with zero attached hydrogens (tertiary/aromatic N) is 4. The van der Waals surface area contributed by atoms with Crippen LogP contribution < -0.4 is 0 Å². The number of rotatable bonds is 1. The number of aromatic nitrogens is 4. The SMILES string of the molecule is Cc1nn(C2CCC(F)(F)CC2)c2nc(Cl)ncc12. The summed E-state index contributed by atoms with van der Waals surface area (Å²) in [7, 11) is 0. The van der Waals surface area contributed by atoms with E-state index in [4.69, 9.17) is 11.6 Å². The maximum atomic E-state index is 13.2. The fourth-order valence-corrected chi connectivity index (χ4v) is 2.70. The van der Waals surface area contributed by atoms with Gasteiger partial charge >= 0.3 is 0 Å². The highest BCUT2D eigenvalue weighted by Gasteiger charge is 2.36. The second-order valence-electron chi connectivity index (χ2n) is 4.99. The molecule has 2 aromatic heterocycles. The number of hydrogen-bond donors (Lipinski definition) is 0. The molecule has 0 aliphatic heterocycles. The number of fused-ring (bicyclic) bond motifs is 1. The van der Waals surface area contributed by atoms with E-state index in [2.05, 4.69) is 15.1 Å². The molecule has 0 saturated heterocycles. The largest absolute Gasteiger partial charge is 0.248 e. The summed E-state index contributed by atoms with van der Waals surface area (Å²) in [6, 6.07) is -0.0400. The normalized spacial score (nSPS) is 20.0. The molecule has 19 heavy (non-hydrogen) atoms. The van der Waals surface area contributed by atoms with Crippen LogP contribution in [-0.2, 0) is 0 Å². The van der Waals surface area contributed by atoms with Crippen LogP contribution in [-0.4, -0.2) is 25.7 Å². The zero-order valence-corrected chi connectivity index (χ0v) is 11.2. The highest BCUT2D eigenvalue weighted by atomic mass is 35.5. The Labute approximate surface area is 113 Å². The predicted molar refractivity (Wildman–Crippen MR) is 67.5 cm³/mol. The number of hydrogen-bond acceptors (Lipinski definition) is 3. The number of halogens is 3. The van der Waals surface area contributed by atoms with Crippen molar-refractivity contribution in [2.24, 2.45) is 0 Å². The van der Waals surface area contributed by atoms with Crippen LogP contribution in [0.1, 0.15) is 37.4 Å². The lowest BCUT2D eigenvalue weighted by Crippen LogP contribution is -2.26. The molecule has 3 rings (SSSR count). The molecule has 2 heterocycles. The van der Waals surface area contributed by atoms with Crippen LogP contribution in [0, 0.1) is 6.92 Å². The molecule has 0 amide bonds. The monoisotopic (exact) mass is 286 g/mol. The summed E-state index contributed by atoms with van der Waals surface area (Å²) in [5, 5.41) is 5.38. The molecule has 0 spiro atoms. The van der Waals surface area contributed by atoms with E-state index in [1.165, 1.54) is 0 Å². The molecule has 1 saturated carbocycles. The predicted octanol–water partition coefficient (Wildman–Crippen LogP) is 3.54. The maximum Gasteiger partial charge on any atom is 0.248 e. The molecule has 1 aliphatic rings. The van der Waals surface area contributed by atoms with Gasteiger partial charge in [0, 0.05) is 19.0 Å². The Kier molecular flexibility index (Phi) is 2.92. The van der Waals surface area contributed by atoms with Crippen molar-refractivity contribution in [3.63, 3.8) is 0 Å². The van der Waals surface area contributed by atoms with Gasteiger partial charge in [-0.2, -0.15) is 10.1 Å². The van der Waals surface area contributed by atoms with Crippen LogP contribution in [0.3, 0.4) is 0 Å². The molecule has 0 radical (unpaired) electrons. The average molecular weight is 287 g/mol. The topological polar surface area (TPSA) is 43.6 Å². The van der Waals surface area contributed by atoms with Gasteiger partial charge in [-0.1, -0.05) is 0 Å². The first-order valence-electron chi connectivity index (χ1n) is 6.21. The van der Waals surface area contributed by atoms with Crippen LogP contribution in [0.2, 0.25) is 5.28 Å². The fourth-order valence-electron chi connectivity index (χ4n) is 2.57. The summed E-state index contributed by atoms with van der Waals surface area (Å²) in [5.74, 6) is -2.54. The van der Waals surface area contributed by atoms with Gasteiger partial charge in [0.1, 0.15) is 0 Å². The minimum atomic E-state index is -2.54. The molecular formula is C12H13ClF2N4. The van der Waals surface area contributed by atoms with Crippen LogP contribution in [0.15, 0.2) is 6.20 Å². The van der Waals surface area contributed by atoms with Gasteiger partial charge < -0.3 is 0 Å². The Bertz CT molecular complexity index is 615. The van der Waals surface area contributed by atoms with Crippen molar-refractivity contribution in [1.82, 2.24) is 19.7 Å². The van der Waals surface area contributed by atoms with Gasteiger partial charge in [-0.05, 0) is 31.4 Å². The third-order valence-electron chi connectivity index (χ3n) is 3.64. The van der Waals surface area contributed by atoms with Crippen molar-refractivity contribution < 1.29 is 8.78 Å². The summed E-state index contributed by atoms with van der Waals surface area (Å²) >= 11 is 5.80. The molecule has 0 bridgehead atoms. The van der Waals surface area contributed by atoms with E-state index in [-0.39, 0.29) is 24.2 Å². The molecule has 0 unspecified atom stereocenters. The van der Waals surface area contributed by atoms with Gasteiger partial charge in [-0.3, -0.25) is 0 Å². The lowest BCUT2D eigenvalue weighted by atomic mass is 9.92. The zero-order chi connectivity index (χ0) is 13.6. The molecule has 7 heteroatoms. The van der Waals surface area contributed by atoms with E-state index in [1.54, 1.807) is 10.9 Å². The average Bonchev–Trinajstić information content (AvgIpc) is 2.66. The highest BCUT2D eigenvalue weighted by molar-refractivity contribution is 6.28. The van der Waals surface area contributed by atoms with Gasteiger partial charge in [0.25, 0.3) is 0 Å². The summed E-state index contributed by atoms with van der Waals surface area (Å²) in [6.07, 6.45) is 2.24. The molecule has 1 aliphatic carbocycles. The van der Waals surface area contributed by atoms with Crippen molar-refractivity contribution in [1.29, 1.82) is 0 Å². The van der Waals surface area contributed by atoms with Crippen LogP contribution in [0.5, 0.6) is 0 Å². The first-order valence-corrected chi connectivity index (χ1v) is 6.59. The lowest BCUT2D eigenvalue weighted by molar-refractivity contribution is -0.0446. The number of aryl methyl sites for hydroxylation is 1. The number of alkyl halides is 2. The molecule has 0 aromatic carbocycles. The molecule has 1 fully saturated rings. The Hall–Kier alpha value is -1.30. The Morgan fingerprint density at radius 3 is 2.74 bits per heavy atom. The van der Waals surface area contributed by atoms with Crippen molar-refractivity contribution in [2.45, 2.75) is 44.6 Å². The zero-order valence-electron chi connectivity index (χ0n) is 10.4. The van der Waals surface area contributed by atoms with Crippen LogP contribution in [0.4, 0.5) is 8.78 Å². The summed E-state index contributed by atoms with van der Waals surface area (Å²) in [5.41, 5.74) is 1.43. The van der Waals surface area contributed by atoms with Crippen molar-refractivity contribution >= 4 is 22.6 Å². The van der Waals surface area contributed by atoms with E-state index in [0.29, 0.717) is 18.5 Å². The minimum Gasteiger partial charge on any atom is -0.244 e. The van der Waals surface area contributed by atoms with Crippen molar-refractivity contribution in [3.8, 4) is 0 Å². The Morgan fingerprint density at radius 2 is 2.05 bits per heavy atom. The molecule has 0 atom stereocenters. The molecule has 2 aromatic rings. The summed E-state index contributed by atoms with van der Waals surface area (Å²) in [6.45, 7) is 1.85. The van der Waals surface area contributed by atoms with Crippen LogP contribution in [0.25, 0.3) is 11.0 Å². The third-order valence-corrected chi connectivity index (χ3v) is 3.82. The van der Waals surface area contributed by atoms with Gasteiger partial charge in [-0.25, -0.2) is 18.4 Å². The lowest BCUT2D eigenvalue weighted by Gasteiger charge is -2.28. The fraction of sp³-hybridized carbons (Fsp3) is 0.583. The Morgan fingerprint density at radius 1 is 1.37 bits per heavy atom. The minimum absolute atomic E-state index is 0.0400. The second kappa shape index (κ2) is 4.37. The van der Waals surface area contributed by atoms with E-state index >= 15 is 0 Å². The van der Waals surface area contributed by atoms with Crippen molar-refractivity contribution in [3.05, 3.63) is 17.2 Å². The highest BCUT2D eigenvalue weighted by Crippen LogP contribution is 2.39. The quantitative estimate of drug-likeness (QED) is 0.753. The van der Waals surface area contributed by atoms with Crippen molar-refractivity contribution in [2.75, 3.05) is 0 Å². The maximum absolute atomic E-state index is 13.2. The Balaban J connectivity index is 1.99. The van der Waals surface area contributed by atoms with Gasteiger partial charge in [0.05, 0.1) is 17.1 Å². The standard InChI is InChI=1S/C12H13ClF2N4/c1-7-9-6-16-11(13)17-10(9)19(18-7)8-2-4-12(14,15)5-3-8/h6,8H,2-5H2,1H3. The van der Waals surface area contributed by atoms with Gasteiger partial charge in [-0.15, -0.1) is 0 Å². The van der Waals surface area contributed by atoms with Gasteiger partial charge in [0.15, 0.2) is 5.65 Å². The van der Waals surface area contributed by atoms with Crippen LogP contribution >= 0.6 is 11.6 Å². The van der Waals surface area contributed by atoms with E-state index in [9.17, 15) is 8.78 Å². The van der Waals surface area contributed by atoms with Gasteiger partial charge in [0.2, 0.25) is 11.2 Å². The van der Waals surface area contributed by atoms with E-state index in [0.717, 1.165) is 11.1 Å². The van der Waals surface area contributed by atoms with E-state index < -0.39 is 5.92 Å². The molecule has 4 nitrogen and oxygen atoms in total. The second-order valence-corrected chi connectivity index (χ2v) is 5.33. The van der Waals surface area contributed by atoms with E-state index in [1.807, 2.05) is 6.92 Å². The third kappa shape index (κ3) is 2.29. The molecular weight excluding hydrogens is 274 g/mol. The molecule has 0 N–H and O–H groups in total. The first kappa shape index (κ1) is 12.7.